The van der Waals surface area contributed by atoms with Crippen molar-refractivity contribution >= 4 is 17.6 Å². The first kappa shape index (κ1) is 14.9. The second kappa shape index (κ2) is 6.33. The van der Waals surface area contributed by atoms with Crippen molar-refractivity contribution in [3.05, 3.63) is 22.7 Å². The number of methoxy groups -OCH3 is 1. The van der Waals surface area contributed by atoms with Crippen molar-refractivity contribution in [1.29, 1.82) is 0 Å². The minimum Gasteiger partial charge on any atom is -0.493 e. The molecule has 1 fully saturated rings. The zero-order valence-corrected chi connectivity index (χ0v) is 12.0. The van der Waals surface area contributed by atoms with Crippen LogP contribution >= 0.6 is 11.6 Å². The SMILES string of the molecule is COc1ccc(Cl)c(C(N)C(=O)O)c1OC1CCCC1. The smallest absolute Gasteiger partial charge is 0.325 e. The van der Waals surface area contributed by atoms with Crippen molar-refractivity contribution in [2.24, 2.45) is 5.73 Å². The third kappa shape index (κ3) is 2.99. The fraction of sp³-hybridized carbons (Fsp3) is 0.500. The van der Waals surface area contributed by atoms with Crippen molar-refractivity contribution in [3.63, 3.8) is 0 Å². The lowest BCUT2D eigenvalue weighted by atomic mass is 10.1. The van der Waals surface area contributed by atoms with Crippen LogP contribution in [0.25, 0.3) is 0 Å². The molecule has 0 heterocycles. The molecule has 1 aromatic carbocycles. The van der Waals surface area contributed by atoms with Gasteiger partial charge in [-0.15, -0.1) is 0 Å². The number of hydrogen-bond donors (Lipinski definition) is 2. The maximum Gasteiger partial charge on any atom is 0.325 e. The van der Waals surface area contributed by atoms with Gasteiger partial charge in [0.2, 0.25) is 0 Å². The molecule has 5 nitrogen and oxygen atoms in total. The third-order valence-corrected chi connectivity index (χ3v) is 3.82. The van der Waals surface area contributed by atoms with Crippen LogP contribution in [0.2, 0.25) is 5.02 Å². The molecule has 110 valence electrons. The lowest BCUT2D eigenvalue weighted by Gasteiger charge is -2.21. The number of benzene rings is 1. The van der Waals surface area contributed by atoms with E-state index in [2.05, 4.69) is 0 Å². The zero-order valence-electron chi connectivity index (χ0n) is 11.3. The summed E-state index contributed by atoms with van der Waals surface area (Å²) in [6, 6.07) is 1.99. The lowest BCUT2D eigenvalue weighted by molar-refractivity contribution is -0.138. The van der Waals surface area contributed by atoms with E-state index < -0.39 is 12.0 Å². The van der Waals surface area contributed by atoms with Crippen LogP contribution in [0.3, 0.4) is 0 Å². The number of halogens is 1. The zero-order chi connectivity index (χ0) is 14.7. The van der Waals surface area contributed by atoms with Crippen LogP contribution < -0.4 is 15.2 Å². The predicted molar refractivity (Wildman–Crippen MR) is 75.5 cm³/mol. The Bertz CT molecular complexity index is 500. The molecular formula is C14H18ClNO4. The van der Waals surface area contributed by atoms with Crippen LogP contribution in [0.5, 0.6) is 11.5 Å². The van der Waals surface area contributed by atoms with Gasteiger partial charge in [-0.2, -0.15) is 0 Å². The Morgan fingerprint density at radius 2 is 2.10 bits per heavy atom. The molecule has 1 aliphatic carbocycles. The summed E-state index contributed by atoms with van der Waals surface area (Å²) in [7, 11) is 1.50. The van der Waals surface area contributed by atoms with Gasteiger partial charge in [-0.05, 0) is 37.8 Å². The maximum absolute atomic E-state index is 11.2. The number of rotatable bonds is 5. The number of nitrogens with two attached hydrogens (primary N) is 1. The van der Waals surface area contributed by atoms with E-state index in [1.807, 2.05) is 0 Å². The van der Waals surface area contributed by atoms with Gasteiger partial charge >= 0.3 is 5.97 Å². The molecule has 2 rings (SSSR count). The van der Waals surface area contributed by atoms with Crippen molar-refractivity contribution < 1.29 is 19.4 Å². The Hall–Kier alpha value is -1.46. The van der Waals surface area contributed by atoms with Gasteiger partial charge in [-0.3, -0.25) is 4.79 Å². The molecule has 0 bridgehead atoms. The Labute approximate surface area is 122 Å². The Balaban J connectivity index is 2.43. The van der Waals surface area contributed by atoms with Gasteiger partial charge in [-0.1, -0.05) is 11.6 Å². The number of aliphatic carboxylic acids is 1. The molecular weight excluding hydrogens is 282 g/mol. The van der Waals surface area contributed by atoms with E-state index in [4.69, 9.17) is 31.9 Å². The average Bonchev–Trinajstić information content (AvgIpc) is 2.91. The van der Waals surface area contributed by atoms with Gasteiger partial charge in [0.1, 0.15) is 6.04 Å². The monoisotopic (exact) mass is 299 g/mol. The summed E-state index contributed by atoms with van der Waals surface area (Å²) in [5, 5.41) is 9.40. The van der Waals surface area contributed by atoms with Gasteiger partial charge in [0.25, 0.3) is 0 Å². The number of carboxylic acid groups (broad SMARTS) is 1. The van der Waals surface area contributed by atoms with Crippen molar-refractivity contribution in [2.45, 2.75) is 37.8 Å². The first-order chi connectivity index (χ1) is 9.54. The van der Waals surface area contributed by atoms with Crippen LogP contribution in [-0.4, -0.2) is 24.3 Å². The standard InChI is InChI=1S/C14H18ClNO4/c1-19-10-7-6-9(15)11(12(16)14(17)18)13(10)20-8-4-2-3-5-8/h6-8,12H,2-5,16H2,1H3,(H,17,18). The van der Waals surface area contributed by atoms with Crippen LogP contribution in [-0.2, 0) is 4.79 Å². The minimum absolute atomic E-state index is 0.0575. The van der Waals surface area contributed by atoms with Gasteiger partial charge in [0.15, 0.2) is 11.5 Å². The summed E-state index contributed by atoms with van der Waals surface area (Å²) in [6.07, 6.45) is 4.15. The highest BCUT2D eigenvalue weighted by Gasteiger charge is 2.28. The normalized spacial score (nSPS) is 16.9. The quantitative estimate of drug-likeness (QED) is 0.873. The van der Waals surface area contributed by atoms with Gasteiger partial charge in [0.05, 0.1) is 13.2 Å². The topological polar surface area (TPSA) is 81.8 Å². The van der Waals surface area contributed by atoms with E-state index in [-0.39, 0.29) is 16.7 Å². The highest BCUT2D eigenvalue weighted by Crippen LogP contribution is 2.41. The van der Waals surface area contributed by atoms with Crippen LogP contribution in [0.15, 0.2) is 12.1 Å². The molecule has 20 heavy (non-hydrogen) atoms. The fourth-order valence-electron chi connectivity index (χ4n) is 2.42. The van der Waals surface area contributed by atoms with Crippen LogP contribution in [0.4, 0.5) is 0 Å². The van der Waals surface area contributed by atoms with Crippen molar-refractivity contribution in [2.75, 3.05) is 7.11 Å². The maximum atomic E-state index is 11.2. The van der Waals surface area contributed by atoms with Gasteiger partial charge in [0, 0.05) is 10.6 Å². The summed E-state index contributed by atoms with van der Waals surface area (Å²) in [5.74, 6) is -0.355. The van der Waals surface area contributed by atoms with E-state index in [1.54, 1.807) is 12.1 Å². The highest BCUT2D eigenvalue weighted by atomic mass is 35.5. The van der Waals surface area contributed by atoms with Gasteiger partial charge in [-0.25, -0.2) is 0 Å². The van der Waals surface area contributed by atoms with E-state index >= 15 is 0 Å². The van der Waals surface area contributed by atoms with Crippen LogP contribution in [0, 0.1) is 0 Å². The molecule has 1 atom stereocenters. The fourth-order valence-corrected chi connectivity index (χ4v) is 2.69. The van der Waals surface area contributed by atoms with E-state index in [0.29, 0.717) is 11.5 Å². The summed E-state index contributed by atoms with van der Waals surface area (Å²) in [4.78, 5) is 11.2. The summed E-state index contributed by atoms with van der Waals surface area (Å²) in [5.41, 5.74) is 5.99. The molecule has 1 saturated carbocycles. The molecule has 0 saturated heterocycles. The van der Waals surface area contributed by atoms with E-state index in [0.717, 1.165) is 25.7 Å². The lowest BCUT2D eigenvalue weighted by Crippen LogP contribution is -2.23. The summed E-state index contributed by atoms with van der Waals surface area (Å²) >= 11 is 6.10. The largest absolute Gasteiger partial charge is 0.493 e. The van der Waals surface area contributed by atoms with Crippen LogP contribution in [0.1, 0.15) is 37.3 Å². The average molecular weight is 300 g/mol. The molecule has 1 unspecified atom stereocenters. The second-order valence-corrected chi connectivity index (χ2v) is 5.24. The van der Waals surface area contributed by atoms with Crippen molar-refractivity contribution in [3.8, 4) is 11.5 Å². The molecule has 3 N–H and O–H groups in total. The molecule has 0 radical (unpaired) electrons. The molecule has 0 aliphatic heterocycles. The first-order valence-corrected chi connectivity index (χ1v) is 6.93. The molecule has 6 heteroatoms. The Kier molecular flexibility index (Phi) is 4.73. The minimum atomic E-state index is -1.24. The van der Waals surface area contributed by atoms with Gasteiger partial charge < -0.3 is 20.3 Å². The van der Waals surface area contributed by atoms with Crippen molar-refractivity contribution in [1.82, 2.24) is 0 Å². The molecule has 0 spiro atoms. The van der Waals surface area contributed by atoms with E-state index in [1.165, 1.54) is 7.11 Å². The molecule has 1 aliphatic rings. The number of hydrogen-bond acceptors (Lipinski definition) is 4. The highest BCUT2D eigenvalue weighted by molar-refractivity contribution is 6.32. The number of carbonyl (C=O) groups is 1. The Morgan fingerprint density at radius 1 is 1.45 bits per heavy atom. The summed E-state index contributed by atoms with van der Waals surface area (Å²) in [6.45, 7) is 0. The molecule has 1 aromatic rings. The Morgan fingerprint density at radius 3 is 2.65 bits per heavy atom. The number of ether oxygens (including phenoxy) is 2. The third-order valence-electron chi connectivity index (χ3n) is 3.49. The molecule has 0 aromatic heterocycles. The molecule has 0 amide bonds. The first-order valence-electron chi connectivity index (χ1n) is 6.56. The summed E-state index contributed by atoms with van der Waals surface area (Å²) < 4.78 is 11.2. The van der Waals surface area contributed by atoms with E-state index in [9.17, 15) is 4.79 Å². The predicted octanol–water partition coefficient (Wildman–Crippen LogP) is 2.75. The number of carboxylic acids is 1. The second-order valence-electron chi connectivity index (χ2n) is 4.83.